The second-order valence-electron chi connectivity index (χ2n) is 4.59. The van der Waals surface area contributed by atoms with Crippen LogP contribution in [-0.2, 0) is 0 Å². The van der Waals surface area contributed by atoms with E-state index in [2.05, 4.69) is 31.9 Å². The molecule has 0 aliphatic heterocycles. The summed E-state index contributed by atoms with van der Waals surface area (Å²) in [5.41, 5.74) is 0. The molecule has 0 atom stereocenters. The van der Waals surface area contributed by atoms with E-state index in [1.54, 1.807) is 0 Å². The van der Waals surface area contributed by atoms with Crippen molar-refractivity contribution in [2.24, 2.45) is 0 Å². The molecule has 3 rings (SSSR count). The Morgan fingerprint density at radius 1 is 0.500 bits per heavy atom. The van der Waals surface area contributed by atoms with E-state index in [1.165, 1.54) is 0 Å². The molecule has 0 fully saturated rings. The highest BCUT2D eigenvalue weighted by Gasteiger charge is 2.02. The van der Waals surface area contributed by atoms with Gasteiger partial charge in [0.2, 0.25) is 0 Å². The van der Waals surface area contributed by atoms with Crippen LogP contribution in [0.1, 0.15) is 0 Å². The lowest BCUT2D eigenvalue weighted by Crippen LogP contribution is -1.87. The summed E-state index contributed by atoms with van der Waals surface area (Å²) < 4.78 is 13.6. The molecule has 3 aromatic rings. The minimum atomic E-state index is 0.727. The van der Waals surface area contributed by atoms with Crippen molar-refractivity contribution in [3.63, 3.8) is 0 Å². The van der Waals surface area contributed by atoms with Gasteiger partial charge in [-0.2, -0.15) is 0 Å². The zero-order valence-electron chi connectivity index (χ0n) is 11.5. The molecule has 4 heteroatoms. The van der Waals surface area contributed by atoms with E-state index in [9.17, 15) is 0 Å². The van der Waals surface area contributed by atoms with Crippen molar-refractivity contribution in [2.75, 3.05) is 0 Å². The summed E-state index contributed by atoms with van der Waals surface area (Å²) in [7, 11) is 0. The molecule has 0 N–H and O–H groups in total. The Morgan fingerprint density at radius 2 is 0.864 bits per heavy atom. The number of hydrogen-bond donors (Lipinski definition) is 0. The molecule has 22 heavy (non-hydrogen) atoms. The number of halogens is 2. The topological polar surface area (TPSA) is 18.5 Å². The molecule has 2 nitrogen and oxygen atoms in total. The van der Waals surface area contributed by atoms with Crippen molar-refractivity contribution in [3.05, 3.63) is 81.7 Å². The third-order valence-corrected chi connectivity index (χ3v) is 3.86. The molecule has 0 unspecified atom stereocenters. The summed E-state index contributed by atoms with van der Waals surface area (Å²) in [6.07, 6.45) is 0. The van der Waals surface area contributed by atoms with Crippen molar-refractivity contribution in [1.82, 2.24) is 0 Å². The smallest absolute Gasteiger partial charge is 0.131 e. The van der Waals surface area contributed by atoms with Gasteiger partial charge in [-0.1, -0.05) is 50.1 Å². The number of ether oxygens (including phenoxy) is 2. The molecule has 0 amide bonds. The van der Waals surface area contributed by atoms with Crippen molar-refractivity contribution < 1.29 is 9.47 Å². The first-order valence-corrected chi connectivity index (χ1v) is 8.24. The number of rotatable bonds is 4. The highest BCUT2D eigenvalue weighted by molar-refractivity contribution is 9.10. The van der Waals surface area contributed by atoms with E-state index in [0.29, 0.717) is 0 Å². The van der Waals surface area contributed by atoms with Gasteiger partial charge in [0, 0.05) is 15.0 Å². The molecule has 0 aliphatic rings. The summed E-state index contributed by atoms with van der Waals surface area (Å²) in [6, 6.07) is 23.0. The maximum Gasteiger partial charge on any atom is 0.131 e. The van der Waals surface area contributed by atoms with Crippen LogP contribution in [0, 0.1) is 0 Å². The van der Waals surface area contributed by atoms with Crippen LogP contribution >= 0.6 is 31.9 Å². The SMILES string of the molecule is Brc1cccc(Oc2cccc(Oc3cccc(Br)c3)c2)c1. The Hall–Kier alpha value is -1.78. The predicted molar refractivity (Wildman–Crippen MR) is 94.9 cm³/mol. The molecule has 3 aromatic carbocycles. The minimum Gasteiger partial charge on any atom is -0.457 e. The van der Waals surface area contributed by atoms with Gasteiger partial charge in [0.1, 0.15) is 23.0 Å². The minimum absolute atomic E-state index is 0.727. The Morgan fingerprint density at radius 3 is 1.27 bits per heavy atom. The van der Waals surface area contributed by atoms with Crippen molar-refractivity contribution in [3.8, 4) is 23.0 Å². The molecule has 0 bridgehead atoms. The lowest BCUT2D eigenvalue weighted by Gasteiger charge is -2.09. The fourth-order valence-corrected chi connectivity index (χ4v) is 2.69. The van der Waals surface area contributed by atoms with Crippen LogP contribution in [-0.4, -0.2) is 0 Å². The summed E-state index contributed by atoms with van der Waals surface area (Å²) in [4.78, 5) is 0. The monoisotopic (exact) mass is 418 g/mol. The molecular formula is C18H12Br2O2. The second-order valence-corrected chi connectivity index (χ2v) is 6.43. The maximum absolute atomic E-state index is 5.84. The lowest BCUT2D eigenvalue weighted by molar-refractivity contribution is 0.460. The molecule has 0 saturated heterocycles. The van der Waals surface area contributed by atoms with E-state index < -0.39 is 0 Å². The molecule has 0 radical (unpaired) electrons. The predicted octanol–water partition coefficient (Wildman–Crippen LogP) is 6.80. The van der Waals surface area contributed by atoms with Gasteiger partial charge in [-0.05, 0) is 48.5 Å². The van der Waals surface area contributed by atoms with Crippen LogP contribution in [0.15, 0.2) is 81.7 Å². The first-order chi connectivity index (χ1) is 10.7. The maximum atomic E-state index is 5.84. The number of hydrogen-bond acceptors (Lipinski definition) is 2. The van der Waals surface area contributed by atoms with E-state index in [-0.39, 0.29) is 0 Å². The zero-order valence-corrected chi connectivity index (χ0v) is 14.7. The van der Waals surface area contributed by atoms with Gasteiger partial charge >= 0.3 is 0 Å². The molecule has 0 aromatic heterocycles. The van der Waals surface area contributed by atoms with E-state index >= 15 is 0 Å². The van der Waals surface area contributed by atoms with E-state index in [4.69, 9.17) is 9.47 Å². The van der Waals surface area contributed by atoms with Gasteiger partial charge in [-0.25, -0.2) is 0 Å². The van der Waals surface area contributed by atoms with Gasteiger partial charge in [-0.3, -0.25) is 0 Å². The van der Waals surface area contributed by atoms with Crippen LogP contribution < -0.4 is 9.47 Å². The highest BCUT2D eigenvalue weighted by atomic mass is 79.9. The standard InChI is InChI=1S/C18H12Br2O2/c19-13-4-1-6-15(10-13)21-17-8-3-9-18(12-17)22-16-7-2-5-14(20)11-16/h1-12H. The van der Waals surface area contributed by atoms with E-state index in [0.717, 1.165) is 31.9 Å². The van der Waals surface area contributed by atoms with Crippen molar-refractivity contribution in [2.45, 2.75) is 0 Å². The van der Waals surface area contributed by atoms with Crippen molar-refractivity contribution in [1.29, 1.82) is 0 Å². The Bertz CT molecular complexity index is 725. The molecule has 0 spiro atoms. The van der Waals surface area contributed by atoms with E-state index in [1.807, 2.05) is 72.8 Å². The first-order valence-electron chi connectivity index (χ1n) is 6.66. The number of benzene rings is 3. The highest BCUT2D eigenvalue weighted by Crippen LogP contribution is 2.30. The lowest BCUT2D eigenvalue weighted by atomic mass is 10.3. The molecular weight excluding hydrogens is 408 g/mol. The van der Waals surface area contributed by atoms with Gasteiger partial charge < -0.3 is 9.47 Å². The summed E-state index contributed by atoms with van der Waals surface area (Å²) >= 11 is 6.86. The normalized spacial score (nSPS) is 10.3. The van der Waals surface area contributed by atoms with Crippen LogP contribution in [0.25, 0.3) is 0 Å². The molecule has 110 valence electrons. The Labute approximate surface area is 146 Å². The molecule has 0 aliphatic carbocycles. The fourth-order valence-electron chi connectivity index (χ4n) is 1.93. The quantitative estimate of drug-likeness (QED) is 0.463. The Balaban J connectivity index is 1.78. The third kappa shape index (κ3) is 4.12. The van der Waals surface area contributed by atoms with Crippen molar-refractivity contribution >= 4 is 31.9 Å². The molecule has 0 heterocycles. The van der Waals surface area contributed by atoms with Crippen LogP contribution in [0.2, 0.25) is 0 Å². The summed E-state index contributed by atoms with van der Waals surface area (Å²) in [5, 5.41) is 0. The van der Waals surface area contributed by atoms with Crippen LogP contribution in [0.5, 0.6) is 23.0 Å². The van der Waals surface area contributed by atoms with Crippen LogP contribution in [0.4, 0.5) is 0 Å². The van der Waals surface area contributed by atoms with Gasteiger partial charge in [0.05, 0.1) is 0 Å². The molecule has 0 saturated carbocycles. The van der Waals surface area contributed by atoms with Gasteiger partial charge in [0.25, 0.3) is 0 Å². The fraction of sp³-hybridized carbons (Fsp3) is 0. The van der Waals surface area contributed by atoms with Gasteiger partial charge in [0.15, 0.2) is 0 Å². The first kappa shape index (κ1) is 15.1. The average Bonchev–Trinajstić information content (AvgIpc) is 2.47. The largest absolute Gasteiger partial charge is 0.457 e. The second kappa shape index (κ2) is 6.99. The Kier molecular flexibility index (Phi) is 4.80. The summed E-state index contributed by atoms with van der Waals surface area (Å²) in [5.74, 6) is 3.00. The summed E-state index contributed by atoms with van der Waals surface area (Å²) in [6.45, 7) is 0. The van der Waals surface area contributed by atoms with Gasteiger partial charge in [-0.15, -0.1) is 0 Å². The van der Waals surface area contributed by atoms with Crippen LogP contribution in [0.3, 0.4) is 0 Å². The average molecular weight is 420 g/mol. The zero-order chi connectivity index (χ0) is 15.4. The third-order valence-electron chi connectivity index (χ3n) is 2.87.